The number of H-pyrrole nitrogens is 1. The fourth-order valence-corrected chi connectivity index (χ4v) is 4.57. The molecule has 0 unspecified atom stereocenters. The lowest BCUT2D eigenvalue weighted by Gasteiger charge is -2.27. The number of hydrogen-bond acceptors (Lipinski definition) is 2. The average molecular weight is 371 g/mol. The average Bonchev–Trinajstić information content (AvgIpc) is 3.10. The summed E-state index contributed by atoms with van der Waals surface area (Å²) in [6.07, 6.45) is 5.48. The lowest BCUT2D eigenvalue weighted by molar-refractivity contribution is -0.0328. The summed E-state index contributed by atoms with van der Waals surface area (Å²) in [5.41, 5.74) is -1.40. The third-order valence-electron chi connectivity index (χ3n) is 5.47. The molecule has 1 aromatic heterocycles. The molecule has 1 aliphatic heterocycles. The van der Waals surface area contributed by atoms with E-state index in [1.54, 1.807) is 17.0 Å². The molecule has 25 heavy (non-hydrogen) atoms. The molecule has 2 aliphatic rings. The Labute approximate surface area is 154 Å². The fraction of sp³-hybridized carbons (Fsp3) is 0.579. The van der Waals surface area contributed by atoms with Gasteiger partial charge in [-0.2, -0.15) is 13.2 Å². The fourth-order valence-electron chi connectivity index (χ4n) is 3.99. The normalized spacial score (nSPS) is 24.9. The number of hydrogen-bond donors (Lipinski definition) is 1. The van der Waals surface area contributed by atoms with E-state index in [-0.39, 0.29) is 22.7 Å². The van der Waals surface area contributed by atoms with Gasteiger partial charge in [-0.1, -0.05) is 6.42 Å². The Morgan fingerprint density at radius 3 is 2.80 bits per heavy atom. The molecule has 4 rings (SSSR count). The van der Waals surface area contributed by atoms with Crippen LogP contribution in [-0.2, 0) is 6.42 Å². The molecule has 0 bridgehead atoms. The molecule has 1 aliphatic carbocycles. The third kappa shape index (κ3) is 3.56. The highest BCUT2D eigenvalue weighted by Crippen LogP contribution is 2.43. The van der Waals surface area contributed by atoms with Gasteiger partial charge < -0.3 is 9.88 Å². The predicted molar refractivity (Wildman–Crippen MR) is 96.2 cm³/mol. The highest BCUT2D eigenvalue weighted by molar-refractivity contribution is 8.00. The van der Waals surface area contributed by atoms with Gasteiger partial charge >= 0.3 is 5.51 Å². The van der Waals surface area contributed by atoms with Gasteiger partial charge in [0.15, 0.2) is 0 Å². The van der Waals surface area contributed by atoms with E-state index in [2.05, 4.69) is 4.98 Å². The van der Waals surface area contributed by atoms with Crippen LogP contribution < -0.4 is 0 Å². The smallest absolute Gasteiger partial charge is 0.358 e. The maximum atomic E-state index is 12.8. The minimum absolute atomic E-state index is 0.105. The van der Waals surface area contributed by atoms with E-state index >= 15 is 0 Å². The van der Waals surface area contributed by atoms with E-state index in [0.29, 0.717) is 18.9 Å². The zero-order valence-corrected chi connectivity index (χ0v) is 14.6. The number of halogens is 3. The first kappa shape index (κ1) is 14.0. The van der Waals surface area contributed by atoms with Crippen molar-refractivity contribution in [1.82, 2.24) is 9.88 Å². The van der Waals surface area contributed by atoms with Gasteiger partial charge in [-0.05, 0) is 87.1 Å². The van der Waals surface area contributed by atoms with E-state index in [0.717, 1.165) is 54.3 Å². The second kappa shape index (κ2) is 6.54. The predicted octanol–water partition coefficient (Wildman–Crippen LogP) is 5.68. The van der Waals surface area contributed by atoms with Crippen molar-refractivity contribution in [1.29, 1.82) is 0 Å². The number of likely N-dealkylation sites (tertiary alicyclic amines) is 1. The maximum absolute atomic E-state index is 12.8. The SMILES string of the molecule is [2H]C([2H])([2H])N1CCC[C@@H]1Cc1c(C2CCC2)[nH]c2ccc(SC(F)(F)F)cc12. The van der Waals surface area contributed by atoms with E-state index < -0.39 is 12.5 Å². The number of nitrogens with zero attached hydrogens (tertiary/aromatic N) is 1. The van der Waals surface area contributed by atoms with Gasteiger partial charge in [-0.25, -0.2) is 0 Å². The third-order valence-corrected chi connectivity index (χ3v) is 6.20. The lowest BCUT2D eigenvalue weighted by Crippen LogP contribution is -2.27. The van der Waals surface area contributed by atoms with Crippen molar-refractivity contribution in [2.45, 2.75) is 60.9 Å². The van der Waals surface area contributed by atoms with Crippen LogP contribution in [-0.4, -0.2) is 35.0 Å². The van der Waals surface area contributed by atoms with E-state index in [4.69, 9.17) is 4.11 Å². The quantitative estimate of drug-likeness (QED) is 0.697. The number of likely N-dealkylation sites (N-methyl/N-ethyl adjacent to an activating group) is 1. The molecular weight excluding hydrogens is 345 g/mol. The Balaban J connectivity index is 1.72. The molecule has 2 nitrogen and oxygen atoms in total. The Morgan fingerprint density at radius 2 is 2.12 bits per heavy atom. The van der Waals surface area contributed by atoms with Crippen molar-refractivity contribution < 1.29 is 17.3 Å². The second-order valence-electron chi connectivity index (χ2n) is 7.09. The standard InChI is InChI=1S/C19H23F3N2S/c1-24-9-3-6-13(24)10-16-15-11-14(25-19(20,21)22)7-8-17(15)23-18(16)12-4-2-5-12/h7-8,11-13,23H,2-6,9-10H2,1H3/t13-/m1/s1/i1D3. The Bertz CT molecular complexity index is 858. The first-order valence-electron chi connectivity index (χ1n) is 10.3. The molecule has 1 N–H and O–H groups in total. The number of benzene rings is 1. The summed E-state index contributed by atoms with van der Waals surface area (Å²) in [6.45, 7) is -1.60. The molecule has 1 atom stereocenters. The minimum atomic E-state index is -4.33. The molecule has 6 heteroatoms. The van der Waals surface area contributed by atoms with E-state index in [1.807, 2.05) is 0 Å². The second-order valence-corrected chi connectivity index (χ2v) is 8.23. The molecule has 1 aromatic carbocycles. The zero-order valence-electron chi connectivity index (χ0n) is 16.8. The van der Waals surface area contributed by atoms with Crippen LogP contribution in [0.5, 0.6) is 0 Å². The lowest BCUT2D eigenvalue weighted by atomic mass is 9.80. The van der Waals surface area contributed by atoms with Crippen molar-refractivity contribution in [3.63, 3.8) is 0 Å². The number of aromatic amines is 1. The summed E-state index contributed by atoms with van der Waals surface area (Å²) >= 11 is -0.105. The van der Waals surface area contributed by atoms with Crippen LogP contribution in [0.2, 0.25) is 0 Å². The minimum Gasteiger partial charge on any atom is -0.358 e. The van der Waals surface area contributed by atoms with Gasteiger partial charge in [0.1, 0.15) is 0 Å². The number of alkyl halides is 3. The molecule has 2 heterocycles. The van der Waals surface area contributed by atoms with Crippen molar-refractivity contribution in [3.8, 4) is 0 Å². The number of thioether (sulfide) groups is 1. The van der Waals surface area contributed by atoms with Gasteiger partial charge in [-0.15, -0.1) is 0 Å². The van der Waals surface area contributed by atoms with Gasteiger partial charge in [0.05, 0.1) is 0 Å². The zero-order chi connectivity index (χ0) is 20.1. The first-order chi connectivity index (χ1) is 13.1. The molecule has 0 amide bonds. The Hall–Kier alpha value is -1.14. The molecule has 1 saturated heterocycles. The highest BCUT2D eigenvalue weighted by Gasteiger charge is 2.31. The van der Waals surface area contributed by atoms with Crippen LogP contribution in [0.25, 0.3) is 10.9 Å². The molecule has 136 valence electrons. The van der Waals surface area contributed by atoms with E-state index in [1.165, 1.54) is 6.07 Å². The van der Waals surface area contributed by atoms with Crippen molar-refractivity contribution in [2.24, 2.45) is 0 Å². The largest absolute Gasteiger partial charge is 0.446 e. The summed E-state index contributed by atoms with van der Waals surface area (Å²) in [6, 6.07) is 4.71. The van der Waals surface area contributed by atoms with Crippen molar-refractivity contribution in [3.05, 3.63) is 29.5 Å². The number of fused-ring (bicyclic) bond motifs is 1. The molecule has 1 saturated carbocycles. The summed E-state index contributed by atoms with van der Waals surface area (Å²) in [7, 11) is 0. The maximum Gasteiger partial charge on any atom is 0.446 e. The topological polar surface area (TPSA) is 19.0 Å². The molecule has 0 spiro atoms. The van der Waals surface area contributed by atoms with Gasteiger partial charge in [0.25, 0.3) is 0 Å². The van der Waals surface area contributed by atoms with Crippen LogP contribution in [0.1, 0.15) is 53.4 Å². The molecule has 2 fully saturated rings. The van der Waals surface area contributed by atoms with Crippen LogP contribution in [0.3, 0.4) is 0 Å². The highest BCUT2D eigenvalue weighted by atomic mass is 32.2. The van der Waals surface area contributed by atoms with Gasteiger partial charge in [0, 0.05) is 31.6 Å². The summed E-state index contributed by atoms with van der Waals surface area (Å²) in [5.74, 6) is 0.392. The van der Waals surface area contributed by atoms with Crippen LogP contribution in [0.15, 0.2) is 23.1 Å². The van der Waals surface area contributed by atoms with Crippen LogP contribution >= 0.6 is 11.8 Å². The molecule has 2 aromatic rings. The Morgan fingerprint density at radius 1 is 1.28 bits per heavy atom. The summed E-state index contributed by atoms with van der Waals surface area (Å²) in [5, 5.41) is 0.800. The van der Waals surface area contributed by atoms with Crippen LogP contribution in [0, 0.1) is 0 Å². The van der Waals surface area contributed by atoms with Crippen molar-refractivity contribution >= 4 is 22.7 Å². The van der Waals surface area contributed by atoms with Crippen molar-refractivity contribution in [2.75, 3.05) is 13.5 Å². The summed E-state index contributed by atoms with van der Waals surface area (Å²) in [4.78, 5) is 5.17. The van der Waals surface area contributed by atoms with E-state index in [9.17, 15) is 13.2 Å². The molecule has 0 radical (unpaired) electrons. The van der Waals surface area contributed by atoms with Gasteiger partial charge in [-0.3, -0.25) is 0 Å². The molecular formula is C19H23F3N2S. The summed E-state index contributed by atoms with van der Waals surface area (Å²) < 4.78 is 61.9. The number of rotatable bonds is 4. The monoisotopic (exact) mass is 371 g/mol. The number of nitrogens with one attached hydrogen (secondary N) is 1. The first-order valence-corrected chi connectivity index (χ1v) is 9.60. The Kier molecular flexibility index (Phi) is 3.66. The van der Waals surface area contributed by atoms with Crippen LogP contribution in [0.4, 0.5) is 13.2 Å². The van der Waals surface area contributed by atoms with Gasteiger partial charge in [0.2, 0.25) is 0 Å². The number of aromatic nitrogens is 1.